The normalized spacial score (nSPS) is 15.3. The Morgan fingerprint density at radius 2 is 1.27 bits per heavy atom. The lowest BCUT2D eigenvalue weighted by Gasteiger charge is -2.25. The summed E-state index contributed by atoms with van der Waals surface area (Å²) in [4.78, 5) is 22.8. The van der Waals surface area contributed by atoms with Gasteiger partial charge in [0.15, 0.2) is 0 Å². The Balaban J connectivity index is 4.69. The average molecular weight is 658 g/mol. The fourth-order valence-corrected chi connectivity index (χ4v) is 5.41. The lowest BCUT2D eigenvalue weighted by atomic mass is 10.1. The van der Waals surface area contributed by atoms with Crippen LogP contribution in [0, 0.1) is 0 Å². The number of hydrogen-bond acceptors (Lipinski definition) is 5. The molecule has 0 fully saturated rings. The number of nitrogens with one attached hydrogen (secondary N) is 1. The second-order valence-corrected chi connectivity index (χ2v) is 14.7. The van der Waals surface area contributed by atoms with E-state index in [0.717, 1.165) is 32.1 Å². The van der Waals surface area contributed by atoms with Crippen LogP contribution >= 0.6 is 7.82 Å². The van der Waals surface area contributed by atoms with Gasteiger partial charge >= 0.3 is 7.82 Å². The number of rotatable bonds is 31. The highest BCUT2D eigenvalue weighted by Gasteiger charge is 2.27. The van der Waals surface area contributed by atoms with E-state index in [2.05, 4.69) is 37.4 Å². The second-order valence-electron chi connectivity index (χ2n) is 13.2. The van der Waals surface area contributed by atoms with E-state index < -0.39 is 20.0 Å². The fraction of sp³-hybridized carbons (Fsp3) is 0.806. The molecule has 0 heterocycles. The molecular formula is C36H70N2O6P+. The van der Waals surface area contributed by atoms with Gasteiger partial charge in [0.05, 0.1) is 39.9 Å². The molecule has 0 aromatic heterocycles. The molecule has 0 aliphatic rings. The van der Waals surface area contributed by atoms with Crippen molar-refractivity contribution in [3.8, 4) is 0 Å². The van der Waals surface area contributed by atoms with Crippen molar-refractivity contribution >= 4 is 13.7 Å². The number of phosphoric ester groups is 1. The van der Waals surface area contributed by atoms with Crippen LogP contribution in [0.1, 0.15) is 136 Å². The van der Waals surface area contributed by atoms with Crippen molar-refractivity contribution in [1.29, 1.82) is 0 Å². The molecule has 45 heavy (non-hydrogen) atoms. The Bertz CT molecular complexity index is 840. The highest BCUT2D eigenvalue weighted by atomic mass is 31.2. The van der Waals surface area contributed by atoms with Crippen molar-refractivity contribution in [3.05, 3.63) is 36.5 Å². The molecule has 0 spiro atoms. The highest BCUT2D eigenvalue weighted by Crippen LogP contribution is 2.43. The van der Waals surface area contributed by atoms with E-state index in [-0.39, 0.29) is 25.5 Å². The summed E-state index contributed by atoms with van der Waals surface area (Å²) in [6.07, 6.45) is 32.2. The SMILES string of the molecule is CCCCCCCC/C=C\C/C=C\CCC(=O)NC(COP(=O)(O)OCC[N+](C)(C)C)C(O)/C=C/CCCCCCCCCC. The van der Waals surface area contributed by atoms with Crippen molar-refractivity contribution in [1.82, 2.24) is 5.32 Å². The Kier molecular flexibility index (Phi) is 28.1. The predicted octanol–water partition coefficient (Wildman–Crippen LogP) is 8.79. The highest BCUT2D eigenvalue weighted by molar-refractivity contribution is 7.47. The number of amides is 1. The molecule has 1 amide bonds. The van der Waals surface area contributed by atoms with E-state index in [4.69, 9.17) is 9.05 Å². The molecule has 0 aliphatic heterocycles. The molecule has 0 aromatic carbocycles. The van der Waals surface area contributed by atoms with Crippen LogP contribution in [0.2, 0.25) is 0 Å². The van der Waals surface area contributed by atoms with Crippen LogP contribution in [0.25, 0.3) is 0 Å². The maximum absolute atomic E-state index is 12.7. The van der Waals surface area contributed by atoms with E-state index in [1.807, 2.05) is 33.3 Å². The Hall–Kier alpha value is -1.28. The number of carbonyl (C=O) groups excluding carboxylic acids is 1. The summed E-state index contributed by atoms with van der Waals surface area (Å²) in [5.74, 6) is -0.249. The molecule has 3 atom stereocenters. The van der Waals surface area contributed by atoms with Crippen molar-refractivity contribution < 1.29 is 32.9 Å². The van der Waals surface area contributed by atoms with E-state index >= 15 is 0 Å². The lowest BCUT2D eigenvalue weighted by Crippen LogP contribution is -2.45. The van der Waals surface area contributed by atoms with Crippen LogP contribution in [0.15, 0.2) is 36.5 Å². The lowest BCUT2D eigenvalue weighted by molar-refractivity contribution is -0.870. The van der Waals surface area contributed by atoms with Gasteiger partial charge in [-0.3, -0.25) is 13.8 Å². The maximum atomic E-state index is 12.7. The summed E-state index contributed by atoms with van der Waals surface area (Å²) < 4.78 is 23.3. The van der Waals surface area contributed by atoms with Crippen LogP contribution in [0.5, 0.6) is 0 Å². The average Bonchev–Trinajstić information content (AvgIpc) is 2.97. The monoisotopic (exact) mass is 657 g/mol. The molecule has 0 aliphatic carbocycles. The molecule has 3 N–H and O–H groups in total. The van der Waals surface area contributed by atoms with Crippen LogP contribution in [0.4, 0.5) is 0 Å². The first-order chi connectivity index (χ1) is 21.5. The van der Waals surface area contributed by atoms with Gasteiger partial charge in [-0.25, -0.2) is 4.57 Å². The van der Waals surface area contributed by atoms with Crippen molar-refractivity contribution in [3.63, 3.8) is 0 Å². The zero-order valence-electron chi connectivity index (χ0n) is 29.6. The van der Waals surface area contributed by atoms with E-state index in [9.17, 15) is 19.4 Å². The third-order valence-corrected chi connectivity index (χ3v) is 8.60. The largest absolute Gasteiger partial charge is 0.472 e. The molecule has 0 saturated carbocycles. The first-order valence-electron chi connectivity index (χ1n) is 17.9. The smallest absolute Gasteiger partial charge is 0.387 e. The number of allylic oxidation sites excluding steroid dienone is 5. The van der Waals surface area contributed by atoms with Gasteiger partial charge < -0.3 is 19.8 Å². The summed E-state index contributed by atoms with van der Waals surface area (Å²) in [5.41, 5.74) is 0. The maximum Gasteiger partial charge on any atom is 0.472 e. The number of aliphatic hydroxyl groups excluding tert-OH is 1. The molecule has 0 rings (SSSR count). The van der Waals surface area contributed by atoms with Crippen LogP contribution in [-0.2, 0) is 18.4 Å². The molecule has 264 valence electrons. The number of unbranched alkanes of at least 4 members (excludes halogenated alkanes) is 14. The third-order valence-electron chi connectivity index (χ3n) is 7.62. The van der Waals surface area contributed by atoms with E-state index in [0.29, 0.717) is 17.4 Å². The summed E-state index contributed by atoms with van der Waals surface area (Å²) in [6.45, 7) is 4.70. The number of quaternary nitrogens is 1. The van der Waals surface area contributed by atoms with Gasteiger partial charge in [-0.05, 0) is 38.5 Å². The van der Waals surface area contributed by atoms with Crippen LogP contribution in [-0.4, -0.2) is 73.4 Å². The zero-order valence-corrected chi connectivity index (χ0v) is 30.5. The summed E-state index contributed by atoms with van der Waals surface area (Å²) in [7, 11) is 1.53. The molecule has 0 aromatic rings. The van der Waals surface area contributed by atoms with Crippen molar-refractivity contribution in [2.24, 2.45) is 0 Å². The molecule has 0 radical (unpaired) electrons. The number of aliphatic hydroxyl groups is 1. The molecule has 0 saturated heterocycles. The first-order valence-corrected chi connectivity index (χ1v) is 19.4. The molecule has 8 nitrogen and oxygen atoms in total. The topological polar surface area (TPSA) is 105 Å². The van der Waals surface area contributed by atoms with E-state index in [1.54, 1.807) is 6.08 Å². The Morgan fingerprint density at radius 3 is 1.82 bits per heavy atom. The third kappa shape index (κ3) is 31.1. The second kappa shape index (κ2) is 28.9. The minimum absolute atomic E-state index is 0.0515. The van der Waals surface area contributed by atoms with Gasteiger partial charge in [0.2, 0.25) is 5.91 Å². The minimum Gasteiger partial charge on any atom is -0.387 e. The van der Waals surface area contributed by atoms with Crippen molar-refractivity contribution in [2.75, 3.05) is 40.9 Å². The van der Waals surface area contributed by atoms with Crippen LogP contribution < -0.4 is 5.32 Å². The number of nitrogens with zero attached hydrogens (tertiary/aromatic N) is 1. The van der Waals surface area contributed by atoms with Gasteiger partial charge in [0, 0.05) is 6.42 Å². The van der Waals surface area contributed by atoms with Gasteiger partial charge in [0.25, 0.3) is 0 Å². The van der Waals surface area contributed by atoms with Crippen molar-refractivity contribution in [2.45, 2.75) is 148 Å². The first kappa shape index (κ1) is 43.7. The summed E-state index contributed by atoms with van der Waals surface area (Å²) >= 11 is 0. The Labute approximate surface area is 276 Å². The number of carbonyl (C=O) groups is 1. The summed E-state index contributed by atoms with van der Waals surface area (Å²) in [6, 6.07) is -0.872. The Morgan fingerprint density at radius 1 is 0.756 bits per heavy atom. The fourth-order valence-electron chi connectivity index (χ4n) is 4.68. The predicted molar refractivity (Wildman–Crippen MR) is 189 cm³/mol. The summed E-state index contributed by atoms with van der Waals surface area (Å²) in [5, 5.41) is 13.6. The molecule has 3 unspecified atom stereocenters. The quantitative estimate of drug-likeness (QED) is 0.0298. The van der Waals surface area contributed by atoms with Gasteiger partial charge in [-0.1, -0.05) is 127 Å². The zero-order chi connectivity index (χ0) is 33.7. The van der Waals surface area contributed by atoms with Gasteiger partial charge in [-0.2, -0.15) is 0 Å². The molecule has 9 heteroatoms. The van der Waals surface area contributed by atoms with Gasteiger partial charge in [-0.15, -0.1) is 0 Å². The number of hydrogen-bond donors (Lipinski definition) is 3. The molecular weight excluding hydrogens is 587 g/mol. The number of phosphoric acid groups is 1. The number of likely N-dealkylation sites (N-methyl/N-ethyl adjacent to an activating group) is 1. The van der Waals surface area contributed by atoms with Crippen LogP contribution in [0.3, 0.4) is 0 Å². The standard InChI is InChI=1S/C36H69N2O6P/c1-6-8-10-12-14-16-18-19-20-22-24-26-28-30-36(40)37-34(33-44-45(41,42)43-32-31-38(3,4)5)35(39)29-27-25-23-21-17-15-13-11-9-7-2/h19-20,24,26-27,29,34-35,39H,6-18,21-23,25,28,30-33H2,1-5H3,(H-,37,40,41,42)/p+1/b20-19-,26-24-,29-27+. The van der Waals surface area contributed by atoms with E-state index in [1.165, 1.54) is 77.0 Å². The molecule has 0 bridgehead atoms. The minimum atomic E-state index is -4.34. The van der Waals surface area contributed by atoms with Gasteiger partial charge in [0.1, 0.15) is 13.2 Å².